The summed E-state index contributed by atoms with van der Waals surface area (Å²) in [6.07, 6.45) is 1.38. The molecule has 7 nitrogen and oxygen atoms in total. The van der Waals surface area contributed by atoms with Gasteiger partial charge in [0.25, 0.3) is 0 Å². The lowest BCUT2D eigenvalue weighted by atomic mass is 10.2. The summed E-state index contributed by atoms with van der Waals surface area (Å²) in [4.78, 5) is 17.1. The number of amides is 1. The number of thioether (sulfide) groups is 1. The molecule has 0 aliphatic heterocycles. The molecule has 11 heteroatoms. The van der Waals surface area contributed by atoms with Crippen molar-refractivity contribution in [1.29, 1.82) is 0 Å². The molecule has 1 N–H and O–H groups in total. The Kier molecular flexibility index (Phi) is 8.68. The summed E-state index contributed by atoms with van der Waals surface area (Å²) in [7, 11) is 0. The Bertz CT molecular complexity index is 1370. The summed E-state index contributed by atoms with van der Waals surface area (Å²) < 4.78 is 7.96. The Balaban J connectivity index is 1.39. The predicted octanol–water partition coefficient (Wildman–Crippen LogP) is 7.07. The van der Waals surface area contributed by atoms with Gasteiger partial charge >= 0.3 is 0 Å². The van der Waals surface area contributed by atoms with Crippen LogP contribution in [0.4, 0.5) is 5.13 Å². The number of carbonyl (C=O) groups is 1. The molecule has 186 valence electrons. The number of thiazole rings is 1. The SMILES string of the molecule is C=CCn1c(SCC(=O)Nc2nc(-c3ccc(Cl)cc3)cs2)nnc1C(C)Oc1ccc(Cl)c(C)c1. The molecule has 0 aliphatic carbocycles. The zero-order chi connectivity index (χ0) is 25.7. The third-order valence-corrected chi connectivity index (χ3v) is 7.49. The number of anilines is 1. The number of hydrogen-bond acceptors (Lipinski definition) is 7. The average molecular weight is 561 g/mol. The van der Waals surface area contributed by atoms with Crippen molar-refractivity contribution in [2.75, 3.05) is 11.1 Å². The minimum absolute atomic E-state index is 0.150. The first-order valence-corrected chi connectivity index (χ1v) is 13.6. The molecule has 0 aliphatic rings. The van der Waals surface area contributed by atoms with Crippen molar-refractivity contribution >= 4 is 57.3 Å². The molecule has 2 aromatic carbocycles. The maximum atomic E-state index is 12.6. The molecule has 0 bridgehead atoms. The molecule has 0 saturated heterocycles. The van der Waals surface area contributed by atoms with Crippen molar-refractivity contribution in [3.63, 3.8) is 0 Å². The number of ether oxygens (including phenoxy) is 1. The minimum Gasteiger partial charge on any atom is -0.483 e. The number of aromatic nitrogens is 4. The van der Waals surface area contributed by atoms with Crippen LogP contribution in [0, 0.1) is 6.92 Å². The second-order valence-electron chi connectivity index (χ2n) is 7.79. The first kappa shape index (κ1) is 26.2. The van der Waals surface area contributed by atoms with Crippen LogP contribution in [-0.2, 0) is 11.3 Å². The maximum absolute atomic E-state index is 12.6. The third-order valence-electron chi connectivity index (χ3n) is 5.09. The zero-order valence-corrected chi connectivity index (χ0v) is 22.7. The van der Waals surface area contributed by atoms with E-state index in [9.17, 15) is 4.79 Å². The summed E-state index contributed by atoms with van der Waals surface area (Å²) in [5, 5.41) is 15.8. The van der Waals surface area contributed by atoms with Gasteiger partial charge in [-0.2, -0.15) is 0 Å². The van der Waals surface area contributed by atoms with E-state index in [-0.39, 0.29) is 17.8 Å². The Morgan fingerprint density at radius 2 is 2.03 bits per heavy atom. The van der Waals surface area contributed by atoms with Crippen molar-refractivity contribution < 1.29 is 9.53 Å². The van der Waals surface area contributed by atoms with Crippen LogP contribution in [0.15, 0.2) is 65.7 Å². The van der Waals surface area contributed by atoms with Gasteiger partial charge in [0.2, 0.25) is 5.91 Å². The molecule has 36 heavy (non-hydrogen) atoms. The van der Waals surface area contributed by atoms with Gasteiger partial charge in [0, 0.05) is 27.5 Å². The monoisotopic (exact) mass is 559 g/mol. The quantitative estimate of drug-likeness (QED) is 0.165. The Morgan fingerprint density at radius 1 is 1.25 bits per heavy atom. The van der Waals surface area contributed by atoms with Gasteiger partial charge in [-0.05, 0) is 49.7 Å². The first-order chi connectivity index (χ1) is 17.3. The van der Waals surface area contributed by atoms with E-state index in [0.29, 0.717) is 38.5 Å². The lowest BCUT2D eigenvalue weighted by Gasteiger charge is -2.16. The van der Waals surface area contributed by atoms with Crippen LogP contribution in [0.5, 0.6) is 5.75 Å². The third kappa shape index (κ3) is 6.47. The highest BCUT2D eigenvalue weighted by Crippen LogP contribution is 2.28. The van der Waals surface area contributed by atoms with E-state index >= 15 is 0 Å². The van der Waals surface area contributed by atoms with Gasteiger partial charge in [0.1, 0.15) is 5.75 Å². The highest BCUT2D eigenvalue weighted by atomic mass is 35.5. The van der Waals surface area contributed by atoms with Crippen LogP contribution in [0.25, 0.3) is 11.3 Å². The van der Waals surface area contributed by atoms with Crippen molar-refractivity contribution in [3.05, 3.63) is 81.9 Å². The largest absolute Gasteiger partial charge is 0.483 e. The van der Waals surface area contributed by atoms with Crippen LogP contribution in [0.3, 0.4) is 0 Å². The molecule has 1 unspecified atom stereocenters. The summed E-state index contributed by atoms with van der Waals surface area (Å²) in [5.41, 5.74) is 2.64. The van der Waals surface area contributed by atoms with Gasteiger partial charge in [-0.3, -0.25) is 9.36 Å². The van der Waals surface area contributed by atoms with Crippen molar-refractivity contribution in [1.82, 2.24) is 19.7 Å². The summed E-state index contributed by atoms with van der Waals surface area (Å²) in [6.45, 7) is 8.13. The second kappa shape index (κ2) is 11.9. The van der Waals surface area contributed by atoms with Gasteiger partial charge in [0.05, 0.1) is 11.4 Å². The van der Waals surface area contributed by atoms with Gasteiger partial charge in [-0.15, -0.1) is 28.1 Å². The highest BCUT2D eigenvalue weighted by Gasteiger charge is 2.20. The Labute approximate surface area is 227 Å². The molecular weight excluding hydrogens is 537 g/mol. The molecule has 0 saturated carbocycles. The molecule has 1 amide bonds. The molecule has 0 spiro atoms. The van der Waals surface area contributed by atoms with Gasteiger partial charge in [0.15, 0.2) is 22.2 Å². The van der Waals surface area contributed by atoms with E-state index in [4.69, 9.17) is 27.9 Å². The van der Waals surface area contributed by atoms with E-state index < -0.39 is 0 Å². The topological polar surface area (TPSA) is 81.9 Å². The number of halogens is 2. The van der Waals surface area contributed by atoms with E-state index in [2.05, 4.69) is 27.1 Å². The van der Waals surface area contributed by atoms with Gasteiger partial charge < -0.3 is 10.1 Å². The van der Waals surface area contributed by atoms with Crippen LogP contribution in [-0.4, -0.2) is 31.4 Å². The average Bonchev–Trinajstić information content (AvgIpc) is 3.48. The standard InChI is InChI=1S/C25H23Cl2N5O2S2/c1-4-11-32-23(16(3)34-19-9-10-20(27)15(2)12-19)30-31-25(32)36-14-22(33)29-24-28-21(13-35-24)17-5-7-18(26)8-6-17/h4-10,12-13,16H,1,11,14H2,2-3H3,(H,28,29,33). The second-order valence-corrected chi connectivity index (χ2v) is 10.4. The smallest absolute Gasteiger partial charge is 0.236 e. The summed E-state index contributed by atoms with van der Waals surface area (Å²) in [6, 6.07) is 12.9. The van der Waals surface area contributed by atoms with Gasteiger partial charge in [-0.1, -0.05) is 53.2 Å². The number of benzene rings is 2. The number of rotatable bonds is 10. The van der Waals surface area contributed by atoms with Crippen LogP contribution >= 0.6 is 46.3 Å². The van der Waals surface area contributed by atoms with E-state index in [1.54, 1.807) is 24.3 Å². The zero-order valence-electron chi connectivity index (χ0n) is 19.6. The van der Waals surface area contributed by atoms with Crippen LogP contribution in [0.2, 0.25) is 10.0 Å². The fourth-order valence-corrected chi connectivity index (χ4v) is 5.06. The van der Waals surface area contributed by atoms with Crippen molar-refractivity contribution in [2.24, 2.45) is 0 Å². The molecule has 4 rings (SSSR count). The lowest BCUT2D eigenvalue weighted by molar-refractivity contribution is -0.113. The Hall–Kier alpha value is -2.85. The number of allylic oxidation sites excluding steroid dienone is 1. The first-order valence-electron chi connectivity index (χ1n) is 10.9. The molecule has 2 aromatic heterocycles. The van der Waals surface area contributed by atoms with Crippen LogP contribution in [0.1, 0.15) is 24.4 Å². The highest BCUT2D eigenvalue weighted by molar-refractivity contribution is 7.99. The number of aryl methyl sites for hydroxylation is 1. The van der Waals surface area contributed by atoms with E-state index in [1.165, 1.54) is 23.1 Å². The molecule has 2 heterocycles. The molecule has 4 aromatic rings. The Morgan fingerprint density at radius 3 is 2.75 bits per heavy atom. The maximum Gasteiger partial charge on any atom is 0.236 e. The predicted molar refractivity (Wildman–Crippen MR) is 147 cm³/mol. The van der Waals surface area contributed by atoms with Gasteiger partial charge in [-0.25, -0.2) is 4.98 Å². The molecular formula is C25H23Cl2N5O2S2. The molecule has 0 radical (unpaired) electrons. The number of hydrogen-bond donors (Lipinski definition) is 1. The van der Waals surface area contributed by atoms with Crippen molar-refractivity contribution in [3.8, 4) is 17.0 Å². The molecule has 1 atom stereocenters. The molecule has 0 fully saturated rings. The van der Waals surface area contributed by atoms with Crippen molar-refractivity contribution in [2.45, 2.75) is 31.7 Å². The number of nitrogens with one attached hydrogen (secondary N) is 1. The summed E-state index contributed by atoms with van der Waals surface area (Å²) in [5.74, 6) is 1.29. The van der Waals surface area contributed by atoms with E-state index in [0.717, 1.165) is 16.8 Å². The number of nitrogens with zero attached hydrogens (tertiary/aromatic N) is 4. The van der Waals surface area contributed by atoms with Crippen LogP contribution < -0.4 is 10.1 Å². The van der Waals surface area contributed by atoms with E-state index in [1.807, 2.05) is 48.1 Å². The summed E-state index contributed by atoms with van der Waals surface area (Å²) >= 11 is 14.7. The number of carbonyl (C=O) groups excluding carboxylic acids is 1. The minimum atomic E-state index is -0.372. The normalized spacial score (nSPS) is 11.8. The fourth-order valence-electron chi connectivity index (χ4n) is 3.33. The lowest BCUT2D eigenvalue weighted by Crippen LogP contribution is -2.15. The fraction of sp³-hybridized carbons (Fsp3) is 0.200.